The predicted octanol–water partition coefficient (Wildman–Crippen LogP) is 5.09. The zero-order valence-electron chi connectivity index (χ0n) is 16.7. The Hall–Kier alpha value is -3.54. The summed E-state index contributed by atoms with van der Waals surface area (Å²) in [5.41, 5.74) is 3.68. The molecule has 0 saturated heterocycles. The molecule has 152 valence electrons. The summed E-state index contributed by atoms with van der Waals surface area (Å²) in [4.78, 5) is 0. The van der Waals surface area contributed by atoms with Gasteiger partial charge in [0.2, 0.25) is 6.23 Å². The van der Waals surface area contributed by atoms with E-state index < -0.39 is 6.23 Å². The maximum Gasteiger partial charge on any atom is 0.213 e. The first-order chi connectivity index (χ1) is 14.7. The van der Waals surface area contributed by atoms with Crippen LogP contribution in [-0.4, -0.2) is 24.9 Å². The van der Waals surface area contributed by atoms with Crippen molar-refractivity contribution in [3.8, 4) is 17.2 Å². The van der Waals surface area contributed by atoms with Gasteiger partial charge in [0.15, 0.2) is 11.5 Å². The van der Waals surface area contributed by atoms with Crippen LogP contribution in [0.3, 0.4) is 0 Å². The molecule has 0 radical (unpaired) electrons. The molecule has 5 nitrogen and oxygen atoms in total. The molecule has 2 aliphatic rings. The Morgan fingerprint density at radius 2 is 1.80 bits per heavy atom. The number of ether oxygens (including phenoxy) is 3. The lowest BCUT2D eigenvalue weighted by atomic mass is 9.96. The van der Waals surface area contributed by atoms with Gasteiger partial charge in [-0.25, -0.2) is 9.40 Å². The molecule has 2 atom stereocenters. The molecule has 2 heterocycles. The maximum absolute atomic E-state index is 13.9. The largest absolute Gasteiger partial charge is 0.493 e. The highest BCUT2D eigenvalue weighted by molar-refractivity contribution is 6.02. The third kappa shape index (κ3) is 3.05. The van der Waals surface area contributed by atoms with Crippen LogP contribution in [0, 0.1) is 5.82 Å². The lowest BCUT2D eigenvalue weighted by molar-refractivity contribution is -0.0192. The van der Waals surface area contributed by atoms with Crippen molar-refractivity contribution in [2.45, 2.75) is 18.7 Å². The lowest BCUT2D eigenvalue weighted by Crippen LogP contribution is -2.33. The van der Waals surface area contributed by atoms with Crippen molar-refractivity contribution in [2.75, 3.05) is 14.2 Å². The molecule has 0 N–H and O–H groups in total. The Labute approximate surface area is 174 Å². The molecule has 30 heavy (non-hydrogen) atoms. The van der Waals surface area contributed by atoms with Crippen LogP contribution in [0.25, 0.3) is 0 Å². The topological polar surface area (TPSA) is 43.3 Å². The highest BCUT2D eigenvalue weighted by Crippen LogP contribution is 2.47. The first-order valence-corrected chi connectivity index (χ1v) is 9.77. The van der Waals surface area contributed by atoms with Gasteiger partial charge in [-0.3, -0.25) is 0 Å². The van der Waals surface area contributed by atoms with Gasteiger partial charge in [0, 0.05) is 23.1 Å². The average Bonchev–Trinajstić information content (AvgIpc) is 3.24. The summed E-state index contributed by atoms with van der Waals surface area (Å²) < 4.78 is 31.0. The van der Waals surface area contributed by atoms with Crippen molar-refractivity contribution < 1.29 is 18.6 Å². The Morgan fingerprint density at radius 1 is 0.967 bits per heavy atom. The van der Waals surface area contributed by atoms with Crippen molar-refractivity contribution >= 4 is 5.71 Å². The highest BCUT2D eigenvalue weighted by Gasteiger charge is 2.41. The Bertz CT molecular complexity index is 1130. The minimum absolute atomic E-state index is 0.00585. The van der Waals surface area contributed by atoms with Gasteiger partial charge in [0.25, 0.3) is 0 Å². The Balaban J connectivity index is 1.58. The fourth-order valence-electron chi connectivity index (χ4n) is 4.10. The first-order valence-electron chi connectivity index (χ1n) is 9.77. The van der Waals surface area contributed by atoms with E-state index in [0.717, 1.165) is 28.2 Å². The van der Waals surface area contributed by atoms with E-state index >= 15 is 0 Å². The second-order valence-electron chi connectivity index (χ2n) is 7.28. The summed E-state index contributed by atoms with van der Waals surface area (Å²) in [6.45, 7) is 0. The monoisotopic (exact) mass is 404 g/mol. The lowest BCUT2D eigenvalue weighted by Gasteiger charge is -2.38. The van der Waals surface area contributed by atoms with Gasteiger partial charge in [-0.05, 0) is 36.4 Å². The molecule has 3 aromatic rings. The standard InChI is InChI=1S/C24H21FN2O3/c1-28-22-11-10-15(13-23(22)29-2)19-14-20-18-8-3-4-9-21(18)30-24(27(20)26-19)16-6-5-7-17(25)12-16/h3-13,20,24H,14H2,1-2H3/t20-,24-/m0/s1. The smallest absolute Gasteiger partial charge is 0.213 e. The summed E-state index contributed by atoms with van der Waals surface area (Å²) in [6, 6.07) is 20.2. The van der Waals surface area contributed by atoms with Gasteiger partial charge in [0.05, 0.1) is 26.0 Å². The van der Waals surface area contributed by atoms with E-state index in [9.17, 15) is 4.39 Å². The minimum Gasteiger partial charge on any atom is -0.493 e. The molecule has 0 unspecified atom stereocenters. The van der Waals surface area contributed by atoms with Crippen LogP contribution < -0.4 is 14.2 Å². The Morgan fingerprint density at radius 3 is 2.60 bits per heavy atom. The molecule has 0 bridgehead atoms. The number of methoxy groups -OCH3 is 2. The number of hydrazone groups is 1. The highest BCUT2D eigenvalue weighted by atomic mass is 19.1. The summed E-state index contributed by atoms with van der Waals surface area (Å²) in [5.74, 6) is 1.83. The second kappa shape index (κ2) is 7.37. The van der Waals surface area contributed by atoms with Gasteiger partial charge in [-0.15, -0.1) is 0 Å². The van der Waals surface area contributed by atoms with E-state index in [2.05, 4.69) is 6.07 Å². The second-order valence-corrected chi connectivity index (χ2v) is 7.28. The van der Waals surface area contributed by atoms with Gasteiger partial charge in [-0.1, -0.05) is 30.3 Å². The first kappa shape index (κ1) is 18.5. The van der Waals surface area contributed by atoms with E-state index in [-0.39, 0.29) is 11.9 Å². The Kier molecular flexibility index (Phi) is 4.54. The van der Waals surface area contributed by atoms with Gasteiger partial charge in [-0.2, -0.15) is 5.10 Å². The maximum atomic E-state index is 13.9. The van der Waals surface area contributed by atoms with E-state index in [4.69, 9.17) is 19.3 Å². The van der Waals surface area contributed by atoms with Crippen LogP contribution in [-0.2, 0) is 0 Å². The van der Waals surface area contributed by atoms with Crippen LogP contribution in [0.15, 0.2) is 71.8 Å². The predicted molar refractivity (Wildman–Crippen MR) is 111 cm³/mol. The summed E-state index contributed by atoms with van der Waals surface area (Å²) in [7, 11) is 3.23. The molecular weight excluding hydrogens is 383 g/mol. The number of hydrogen-bond acceptors (Lipinski definition) is 5. The van der Waals surface area contributed by atoms with Crippen molar-refractivity contribution in [3.63, 3.8) is 0 Å². The van der Waals surface area contributed by atoms with Gasteiger partial charge >= 0.3 is 0 Å². The number of nitrogens with zero attached hydrogens (tertiary/aromatic N) is 2. The van der Waals surface area contributed by atoms with E-state index in [1.807, 2.05) is 47.5 Å². The molecule has 0 aromatic heterocycles. The molecule has 0 amide bonds. The third-order valence-electron chi connectivity index (χ3n) is 5.55. The summed E-state index contributed by atoms with van der Waals surface area (Å²) >= 11 is 0. The zero-order chi connectivity index (χ0) is 20.7. The zero-order valence-corrected chi connectivity index (χ0v) is 16.7. The SMILES string of the molecule is COc1ccc(C2=NN3[C@@H](C2)c2ccccc2O[C@H]3c2cccc(F)c2)cc1OC. The molecule has 5 rings (SSSR count). The number of fused-ring (bicyclic) bond motifs is 3. The van der Waals surface area contributed by atoms with Crippen molar-refractivity contribution in [1.82, 2.24) is 5.01 Å². The van der Waals surface area contributed by atoms with Crippen LogP contribution in [0.1, 0.15) is 35.4 Å². The number of halogens is 1. The number of benzene rings is 3. The fraction of sp³-hybridized carbons (Fsp3) is 0.208. The molecule has 0 saturated carbocycles. The number of para-hydroxylation sites is 1. The minimum atomic E-state index is -0.502. The normalized spacial score (nSPS) is 19.4. The van der Waals surface area contributed by atoms with Crippen molar-refractivity contribution in [3.05, 3.63) is 89.2 Å². The molecule has 2 aliphatic heterocycles. The van der Waals surface area contributed by atoms with E-state index in [0.29, 0.717) is 17.9 Å². The number of hydrogen-bond donors (Lipinski definition) is 0. The summed E-state index contributed by atoms with van der Waals surface area (Å²) in [6.07, 6.45) is 0.208. The summed E-state index contributed by atoms with van der Waals surface area (Å²) in [5, 5.41) is 6.84. The molecule has 0 spiro atoms. The molecular formula is C24H21FN2O3. The van der Waals surface area contributed by atoms with Crippen LogP contribution in [0.4, 0.5) is 4.39 Å². The average molecular weight is 404 g/mol. The molecule has 6 heteroatoms. The van der Waals surface area contributed by atoms with Crippen LogP contribution >= 0.6 is 0 Å². The van der Waals surface area contributed by atoms with Crippen LogP contribution in [0.5, 0.6) is 17.2 Å². The molecule has 0 fully saturated rings. The quantitative estimate of drug-likeness (QED) is 0.608. The molecule has 3 aromatic carbocycles. The molecule has 0 aliphatic carbocycles. The van der Waals surface area contributed by atoms with Crippen molar-refractivity contribution in [2.24, 2.45) is 5.10 Å². The van der Waals surface area contributed by atoms with Gasteiger partial charge < -0.3 is 14.2 Å². The van der Waals surface area contributed by atoms with E-state index in [1.54, 1.807) is 20.3 Å². The number of rotatable bonds is 4. The van der Waals surface area contributed by atoms with Gasteiger partial charge in [0.1, 0.15) is 11.6 Å². The third-order valence-corrected chi connectivity index (χ3v) is 5.55. The van der Waals surface area contributed by atoms with E-state index in [1.165, 1.54) is 12.1 Å². The van der Waals surface area contributed by atoms with Crippen molar-refractivity contribution in [1.29, 1.82) is 0 Å². The fourth-order valence-corrected chi connectivity index (χ4v) is 4.10. The van der Waals surface area contributed by atoms with Crippen LogP contribution in [0.2, 0.25) is 0 Å².